The molecule has 0 saturated carbocycles. The summed E-state index contributed by atoms with van der Waals surface area (Å²) in [4.78, 5) is 11.8. The molecule has 1 rings (SSSR count). The Hall–Kier alpha value is -1.79. The second-order valence-corrected chi connectivity index (χ2v) is 3.69. The summed E-state index contributed by atoms with van der Waals surface area (Å²) < 4.78 is 10.2. The zero-order valence-electron chi connectivity index (χ0n) is 10.5. The van der Waals surface area contributed by atoms with Gasteiger partial charge >= 0.3 is 0 Å². The molecule has 0 bridgehead atoms. The molecular formula is C12H18N2O4. The van der Waals surface area contributed by atoms with Gasteiger partial charge in [-0.2, -0.15) is 0 Å². The first kappa shape index (κ1) is 14.3. The van der Waals surface area contributed by atoms with Crippen LogP contribution in [0.2, 0.25) is 0 Å². The van der Waals surface area contributed by atoms with E-state index in [-0.39, 0.29) is 19.1 Å². The molecule has 18 heavy (non-hydrogen) atoms. The molecule has 100 valence electrons. The van der Waals surface area contributed by atoms with E-state index in [9.17, 15) is 4.79 Å². The average Bonchev–Trinajstić information content (AvgIpc) is 2.37. The summed E-state index contributed by atoms with van der Waals surface area (Å²) in [5.74, 6) is 0.171. The predicted molar refractivity (Wildman–Crippen MR) is 68.5 cm³/mol. The fraction of sp³-hybridized carbons (Fsp3) is 0.417. The third-order valence-electron chi connectivity index (χ3n) is 2.31. The largest absolute Gasteiger partial charge is 0.494 e. The first-order valence-corrected chi connectivity index (χ1v) is 5.55. The predicted octanol–water partition coefficient (Wildman–Crippen LogP) is 0.613. The number of anilines is 2. The fourth-order valence-electron chi connectivity index (χ4n) is 1.35. The van der Waals surface area contributed by atoms with Crippen LogP contribution in [0.4, 0.5) is 11.4 Å². The molecule has 1 amide bonds. The van der Waals surface area contributed by atoms with Crippen molar-refractivity contribution < 1.29 is 19.4 Å². The van der Waals surface area contributed by atoms with E-state index in [2.05, 4.69) is 5.32 Å². The number of ether oxygens (including phenoxy) is 2. The SMILES string of the molecule is COc1cc(N)ccc1NC(=O)C(C)OCCO. The summed E-state index contributed by atoms with van der Waals surface area (Å²) in [6.07, 6.45) is -0.653. The number of rotatable bonds is 6. The van der Waals surface area contributed by atoms with Gasteiger partial charge in [0.1, 0.15) is 11.9 Å². The maximum Gasteiger partial charge on any atom is 0.253 e. The molecule has 0 aliphatic rings. The molecule has 0 saturated heterocycles. The summed E-state index contributed by atoms with van der Waals surface area (Å²) in [5.41, 5.74) is 6.69. The van der Waals surface area contributed by atoms with E-state index in [0.717, 1.165) is 0 Å². The van der Waals surface area contributed by atoms with Crippen molar-refractivity contribution >= 4 is 17.3 Å². The minimum atomic E-state index is -0.653. The van der Waals surface area contributed by atoms with Gasteiger partial charge in [0, 0.05) is 11.8 Å². The number of aliphatic hydroxyl groups is 1. The molecule has 0 heterocycles. The summed E-state index contributed by atoms with van der Waals surface area (Å²) >= 11 is 0. The van der Waals surface area contributed by atoms with Gasteiger partial charge in [-0.3, -0.25) is 4.79 Å². The quantitative estimate of drug-likeness (QED) is 0.647. The van der Waals surface area contributed by atoms with Gasteiger partial charge in [-0.1, -0.05) is 0 Å². The van der Waals surface area contributed by atoms with E-state index >= 15 is 0 Å². The molecule has 4 N–H and O–H groups in total. The Balaban J connectivity index is 2.69. The third kappa shape index (κ3) is 3.90. The number of nitrogens with one attached hydrogen (secondary N) is 1. The second-order valence-electron chi connectivity index (χ2n) is 3.69. The number of carbonyl (C=O) groups is 1. The highest BCUT2D eigenvalue weighted by Gasteiger charge is 2.15. The number of benzene rings is 1. The van der Waals surface area contributed by atoms with E-state index in [1.54, 1.807) is 25.1 Å². The van der Waals surface area contributed by atoms with Crippen molar-refractivity contribution in [2.24, 2.45) is 0 Å². The molecule has 1 atom stereocenters. The third-order valence-corrected chi connectivity index (χ3v) is 2.31. The lowest BCUT2D eigenvalue weighted by molar-refractivity contribution is -0.126. The molecule has 0 aromatic heterocycles. The summed E-state index contributed by atoms with van der Waals surface area (Å²) in [7, 11) is 1.50. The zero-order chi connectivity index (χ0) is 13.5. The van der Waals surface area contributed by atoms with Gasteiger partial charge in [0.15, 0.2) is 0 Å². The van der Waals surface area contributed by atoms with Crippen LogP contribution in [0.15, 0.2) is 18.2 Å². The van der Waals surface area contributed by atoms with Gasteiger partial charge in [0.05, 0.1) is 26.0 Å². The summed E-state index contributed by atoms with van der Waals surface area (Å²) in [6, 6.07) is 4.94. The second kappa shape index (κ2) is 6.83. The van der Waals surface area contributed by atoms with Gasteiger partial charge in [-0.25, -0.2) is 0 Å². The molecule has 1 aromatic carbocycles. The van der Waals surface area contributed by atoms with Crippen LogP contribution in [0.1, 0.15) is 6.92 Å². The first-order valence-electron chi connectivity index (χ1n) is 5.55. The van der Waals surface area contributed by atoms with Crippen molar-refractivity contribution in [3.8, 4) is 5.75 Å². The van der Waals surface area contributed by atoms with Gasteiger partial charge < -0.3 is 25.6 Å². The Labute approximate surface area is 106 Å². The molecule has 0 aliphatic heterocycles. The topological polar surface area (TPSA) is 93.8 Å². The summed E-state index contributed by atoms with van der Waals surface area (Å²) in [5, 5.41) is 11.3. The van der Waals surface area contributed by atoms with E-state index in [1.165, 1.54) is 7.11 Å². The van der Waals surface area contributed by atoms with Crippen LogP contribution in [-0.2, 0) is 9.53 Å². The number of carbonyl (C=O) groups excluding carboxylic acids is 1. The van der Waals surface area contributed by atoms with Crippen LogP contribution in [-0.4, -0.2) is 37.4 Å². The van der Waals surface area contributed by atoms with E-state index in [4.69, 9.17) is 20.3 Å². The van der Waals surface area contributed by atoms with Crippen LogP contribution >= 0.6 is 0 Å². The lowest BCUT2D eigenvalue weighted by atomic mass is 10.2. The number of aliphatic hydroxyl groups excluding tert-OH is 1. The highest BCUT2D eigenvalue weighted by molar-refractivity contribution is 5.95. The van der Waals surface area contributed by atoms with Crippen molar-refractivity contribution in [2.75, 3.05) is 31.4 Å². The van der Waals surface area contributed by atoms with Crippen LogP contribution in [0, 0.1) is 0 Å². The Morgan fingerprint density at radius 1 is 1.56 bits per heavy atom. The van der Waals surface area contributed by atoms with Crippen LogP contribution in [0.5, 0.6) is 5.75 Å². The van der Waals surface area contributed by atoms with Crippen molar-refractivity contribution in [3.05, 3.63) is 18.2 Å². The lowest BCUT2D eigenvalue weighted by Crippen LogP contribution is -2.28. The molecule has 0 fully saturated rings. The van der Waals surface area contributed by atoms with Crippen LogP contribution < -0.4 is 15.8 Å². The first-order chi connectivity index (χ1) is 8.58. The molecule has 6 nitrogen and oxygen atoms in total. The normalized spacial score (nSPS) is 11.9. The van der Waals surface area contributed by atoms with Gasteiger partial charge in [0.25, 0.3) is 5.91 Å². The van der Waals surface area contributed by atoms with Crippen LogP contribution in [0.25, 0.3) is 0 Å². The molecule has 1 unspecified atom stereocenters. The Morgan fingerprint density at radius 2 is 2.28 bits per heavy atom. The number of nitrogens with two attached hydrogens (primary N) is 1. The maximum atomic E-state index is 11.8. The van der Waals surface area contributed by atoms with Gasteiger partial charge in [-0.15, -0.1) is 0 Å². The number of amides is 1. The van der Waals surface area contributed by atoms with Crippen molar-refractivity contribution in [2.45, 2.75) is 13.0 Å². The Kier molecular flexibility index (Phi) is 5.41. The number of hydrogen-bond donors (Lipinski definition) is 3. The smallest absolute Gasteiger partial charge is 0.253 e. The van der Waals surface area contributed by atoms with Crippen molar-refractivity contribution in [1.29, 1.82) is 0 Å². The van der Waals surface area contributed by atoms with E-state index in [0.29, 0.717) is 17.1 Å². The minimum absolute atomic E-state index is 0.119. The molecule has 0 aliphatic carbocycles. The molecule has 0 spiro atoms. The van der Waals surface area contributed by atoms with Crippen LogP contribution in [0.3, 0.4) is 0 Å². The van der Waals surface area contributed by atoms with Crippen molar-refractivity contribution in [3.63, 3.8) is 0 Å². The number of methoxy groups -OCH3 is 1. The summed E-state index contributed by atoms with van der Waals surface area (Å²) in [6.45, 7) is 1.60. The number of nitrogen functional groups attached to an aromatic ring is 1. The highest BCUT2D eigenvalue weighted by Crippen LogP contribution is 2.26. The molecular weight excluding hydrogens is 236 g/mol. The van der Waals surface area contributed by atoms with Crippen molar-refractivity contribution in [1.82, 2.24) is 0 Å². The van der Waals surface area contributed by atoms with Gasteiger partial charge in [0.2, 0.25) is 0 Å². The Bertz CT molecular complexity index is 409. The fourth-order valence-corrected chi connectivity index (χ4v) is 1.35. The van der Waals surface area contributed by atoms with E-state index in [1.807, 2.05) is 0 Å². The molecule has 6 heteroatoms. The standard InChI is InChI=1S/C12H18N2O4/c1-8(18-6-5-15)12(16)14-10-4-3-9(13)7-11(10)17-2/h3-4,7-8,15H,5-6,13H2,1-2H3,(H,14,16). The average molecular weight is 254 g/mol. The van der Waals surface area contributed by atoms with E-state index < -0.39 is 6.10 Å². The highest BCUT2D eigenvalue weighted by atomic mass is 16.5. The zero-order valence-corrected chi connectivity index (χ0v) is 10.5. The number of hydrogen-bond acceptors (Lipinski definition) is 5. The molecule has 1 aromatic rings. The molecule has 0 radical (unpaired) electrons. The Morgan fingerprint density at radius 3 is 2.89 bits per heavy atom. The lowest BCUT2D eigenvalue weighted by Gasteiger charge is -2.14. The minimum Gasteiger partial charge on any atom is -0.494 e. The monoisotopic (exact) mass is 254 g/mol. The maximum absolute atomic E-state index is 11.8. The van der Waals surface area contributed by atoms with Gasteiger partial charge in [-0.05, 0) is 19.1 Å².